The van der Waals surface area contributed by atoms with Gasteiger partial charge in [-0.15, -0.1) is 0 Å². The van der Waals surface area contributed by atoms with Crippen LogP contribution in [-0.2, 0) is 4.79 Å². The van der Waals surface area contributed by atoms with Crippen molar-refractivity contribution in [2.45, 2.75) is 39.7 Å². The van der Waals surface area contributed by atoms with E-state index < -0.39 is 17.4 Å². The summed E-state index contributed by atoms with van der Waals surface area (Å²) in [5.41, 5.74) is 1.90. The smallest absolute Gasteiger partial charge is 0.365 e. The lowest BCUT2D eigenvalue weighted by molar-refractivity contribution is -0.134. The number of ether oxygens (including phenoxy) is 2. The van der Waals surface area contributed by atoms with Gasteiger partial charge >= 0.3 is 5.97 Å². The minimum absolute atomic E-state index is 0.106. The van der Waals surface area contributed by atoms with Crippen LogP contribution in [-0.4, -0.2) is 23.8 Å². The van der Waals surface area contributed by atoms with Crippen molar-refractivity contribution in [3.8, 4) is 11.5 Å². The number of methoxy groups -OCH3 is 1. The van der Waals surface area contributed by atoms with Gasteiger partial charge in [0.25, 0.3) is 0 Å². The van der Waals surface area contributed by atoms with Crippen LogP contribution in [0.5, 0.6) is 11.5 Å². The number of carboxylic acids is 1. The Bertz CT molecular complexity index is 714. The number of hydrogen-bond acceptors (Lipinski definition) is 3. The number of aliphatic carboxylic acids is 1. The number of benzene rings is 1. The van der Waals surface area contributed by atoms with Gasteiger partial charge in [0.05, 0.1) is 7.11 Å². The summed E-state index contributed by atoms with van der Waals surface area (Å²) in [6.45, 7) is 7.55. The first kappa shape index (κ1) is 17.1. The molecule has 1 aliphatic rings. The van der Waals surface area contributed by atoms with Crippen LogP contribution in [0.4, 0.5) is 4.39 Å². The quantitative estimate of drug-likeness (QED) is 0.833. The highest BCUT2D eigenvalue weighted by Crippen LogP contribution is 2.42. The Morgan fingerprint density at radius 3 is 2.57 bits per heavy atom. The first-order valence-corrected chi connectivity index (χ1v) is 7.43. The third-order valence-corrected chi connectivity index (χ3v) is 3.80. The molecule has 1 N–H and O–H groups in total. The zero-order chi connectivity index (χ0) is 17.4. The minimum Gasteiger partial charge on any atom is -0.496 e. The molecular weight excluding hydrogens is 299 g/mol. The highest BCUT2D eigenvalue weighted by Gasteiger charge is 2.27. The maximum Gasteiger partial charge on any atom is 0.365 e. The standard InChI is InChI=1S/C18H21FO4/c1-6-11(16(19)17(20)21)13-7-12-10(2)9-18(3,4)23-15(12)8-14(13)22-5/h7-9H,6H2,1-5H3,(H,20,21). The Morgan fingerprint density at radius 1 is 1.39 bits per heavy atom. The van der Waals surface area contributed by atoms with Crippen molar-refractivity contribution in [2.75, 3.05) is 7.11 Å². The molecule has 0 bridgehead atoms. The molecule has 0 saturated heterocycles. The van der Waals surface area contributed by atoms with Gasteiger partial charge < -0.3 is 14.6 Å². The Kier molecular flexibility index (Phi) is 4.50. The monoisotopic (exact) mass is 320 g/mol. The molecule has 0 fully saturated rings. The fourth-order valence-corrected chi connectivity index (χ4v) is 2.86. The molecule has 1 aromatic rings. The Morgan fingerprint density at radius 2 is 2.04 bits per heavy atom. The van der Waals surface area contributed by atoms with E-state index in [1.165, 1.54) is 7.11 Å². The molecule has 4 nitrogen and oxygen atoms in total. The summed E-state index contributed by atoms with van der Waals surface area (Å²) in [6.07, 6.45) is 2.22. The number of allylic oxidation sites excluding steroid dienone is 2. The lowest BCUT2D eigenvalue weighted by Gasteiger charge is -2.31. The molecule has 124 valence electrons. The second-order valence-corrected chi connectivity index (χ2v) is 6.03. The predicted octanol–water partition coefficient (Wildman–Crippen LogP) is 4.44. The molecule has 0 aliphatic carbocycles. The average molecular weight is 320 g/mol. The van der Waals surface area contributed by atoms with E-state index >= 15 is 0 Å². The van der Waals surface area contributed by atoms with E-state index in [0.717, 1.165) is 11.1 Å². The van der Waals surface area contributed by atoms with Crippen molar-refractivity contribution in [2.24, 2.45) is 0 Å². The second kappa shape index (κ2) is 6.07. The molecule has 0 atom stereocenters. The largest absolute Gasteiger partial charge is 0.496 e. The maximum atomic E-state index is 14.0. The predicted molar refractivity (Wildman–Crippen MR) is 87.3 cm³/mol. The van der Waals surface area contributed by atoms with Crippen LogP contribution in [0.25, 0.3) is 11.1 Å². The molecule has 2 rings (SSSR count). The Hall–Kier alpha value is -2.30. The summed E-state index contributed by atoms with van der Waals surface area (Å²) in [5, 5.41) is 8.96. The summed E-state index contributed by atoms with van der Waals surface area (Å²) in [5.74, 6) is -1.71. The number of rotatable bonds is 4. The SMILES string of the molecule is CCC(=C(F)C(=O)O)c1cc2c(cc1OC)OC(C)(C)C=C2C. The zero-order valence-electron chi connectivity index (χ0n) is 14.0. The fourth-order valence-electron chi connectivity index (χ4n) is 2.86. The van der Waals surface area contributed by atoms with Crippen LogP contribution in [0.3, 0.4) is 0 Å². The van der Waals surface area contributed by atoms with E-state index in [0.29, 0.717) is 17.1 Å². The van der Waals surface area contributed by atoms with Gasteiger partial charge in [-0.1, -0.05) is 6.92 Å². The van der Waals surface area contributed by atoms with Crippen LogP contribution in [0.1, 0.15) is 45.2 Å². The molecular formula is C18H21FO4. The molecule has 1 heterocycles. The van der Waals surface area contributed by atoms with Crippen molar-refractivity contribution in [1.82, 2.24) is 0 Å². The first-order valence-electron chi connectivity index (χ1n) is 7.43. The first-order chi connectivity index (χ1) is 10.7. The van der Waals surface area contributed by atoms with E-state index in [1.807, 2.05) is 26.8 Å². The topological polar surface area (TPSA) is 55.8 Å². The van der Waals surface area contributed by atoms with Crippen molar-refractivity contribution in [3.63, 3.8) is 0 Å². The van der Waals surface area contributed by atoms with Crippen LogP contribution < -0.4 is 9.47 Å². The number of hydrogen-bond donors (Lipinski definition) is 1. The Labute approximate surface area is 135 Å². The molecule has 0 spiro atoms. The van der Waals surface area contributed by atoms with Gasteiger partial charge in [-0.3, -0.25) is 0 Å². The number of carbonyl (C=O) groups is 1. The molecule has 0 aromatic heterocycles. The Balaban J connectivity index is 2.71. The van der Waals surface area contributed by atoms with Crippen LogP contribution in [0.15, 0.2) is 24.0 Å². The van der Waals surface area contributed by atoms with Gasteiger partial charge in [0.15, 0.2) is 0 Å². The zero-order valence-corrected chi connectivity index (χ0v) is 14.0. The fraction of sp³-hybridized carbons (Fsp3) is 0.389. The molecule has 0 radical (unpaired) electrons. The summed E-state index contributed by atoms with van der Waals surface area (Å²) < 4.78 is 25.3. The summed E-state index contributed by atoms with van der Waals surface area (Å²) in [6, 6.07) is 3.42. The van der Waals surface area contributed by atoms with Gasteiger partial charge in [0.2, 0.25) is 5.83 Å². The average Bonchev–Trinajstić information content (AvgIpc) is 2.46. The molecule has 1 aromatic carbocycles. The molecule has 23 heavy (non-hydrogen) atoms. The maximum absolute atomic E-state index is 14.0. The number of fused-ring (bicyclic) bond motifs is 1. The number of halogens is 1. The molecule has 0 amide bonds. The van der Waals surface area contributed by atoms with Crippen LogP contribution in [0.2, 0.25) is 0 Å². The lowest BCUT2D eigenvalue weighted by atomic mass is 9.91. The summed E-state index contributed by atoms with van der Waals surface area (Å²) >= 11 is 0. The molecule has 0 saturated carbocycles. The van der Waals surface area contributed by atoms with Crippen LogP contribution >= 0.6 is 0 Å². The second-order valence-electron chi connectivity index (χ2n) is 6.03. The normalized spacial score (nSPS) is 16.7. The summed E-state index contributed by atoms with van der Waals surface area (Å²) in [4.78, 5) is 11.0. The van der Waals surface area contributed by atoms with E-state index in [-0.39, 0.29) is 12.0 Å². The van der Waals surface area contributed by atoms with Gasteiger partial charge in [-0.2, -0.15) is 4.39 Å². The van der Waals surface area contributed by atoms with Gasteiger partial charge in [-0.25, -0.2) is 4.79 Å². The van der Waals surface area contributed by atoms with E-state index in [4.69, 9.17) is 14.6 Å². The lowest BCUT2D eigenvalue weighted by Crippen LogP contribution is -2.28. The third-order valence-electron chi connectivity index (χ3n) is 3.80. The van der Waals surface area contributed by atoms with E-state index in [9.17, 15) is 9.18 Å². The van der Waals surface area contributed by atoms with Gasteiger partial charge in [0, 0.05) is 22.8 Å². The highest BCUT2D eigenvalue weighted by atomic mass is 19.1. The molecule has 5 heteroatoms. The van der Waals surface area contributed by atoms with Crippen molar-refractivity contribution in [1.29, 1.82) is 0 Å². The third kappa shape index (κ3) is 3.23. The van der Waals surface area contributed by atoms with E-state index in [2.05, 4.69) is 0 Å². The molecule has 0 unspecified atom stereocenters. The van der Waals surface area contributed by atoms with Crippen molar-refractivity contribution >= 4 is 17.1 Å². The number of carboxylic acid groups (broad SMARTS) is 1. The minimum atomic E-state index is -1.58. The molecule has 1 aliphatic heterocycles. The van der Waals surface area contributed by atoms with Crippen molar-refractivity contribution in [3.05, 3.63) is 35.2 Å². The van der Waals surface area contributed by atoms with E-state index in [1.54, 1.807) is 19.1 Å². The van der Waals surface area contributed by atoms with Crippen LogP contribution in [0, 0.1) is 0 Å². The highest BCUT2D eigenvalue weighted by molar-refractivity contribution is 5.95. The van der Waals surface area contributed by atoms with Gasteiger partial charge in [-0.05, 0) is 44.9 Å². The summed E-state index contributed by atoms with van der Waals surface area (Å²) in [7, 11) is 1.47. The van der Waals surface area contributed by atoms with Crippen molar-refractivity contribution < 1.29 is 23.8 Å². The van der Waals surface area contributed by atoms with Gasteiger partial charge in [0.1, 0.15) is 17.1 Å².